The first kappa shape index (κ1) is 23.4. The molecule has 1 heterocycles. The summed E-state index contributed by atoms with van der Waals surface area (Å²) >= 11 is 0. The van der Waals surface area contributed by atoms with E-state index in [1.54, 1.807) is 0 Å². The van der Waals surface area contributed by atoms with Crippen molar-refractivity contribution in [3.05, 3.63) is 12.2 Å². The monoisotopic (exact) mass is 402 g/mol. The molecule has 1 aliphatic heterocycles. The summed E-state index contributed by atoms with van der Waals surface area (Å²) in [4.78, 5) is 0. The summed E-state index contributed by atoms with van der Waals surface area (Å²) in [7, 11) is 0.0101. The molecule has 0 amide bonds. The summed E-state index contributed by atoms with van der Waals surface area (Å²) in [6.45, 7) is 13.6. The van der Waals surface area contributed by atoms with Crippen LogP contribution in [0.25, 0.3) is 0 Å². The van der Waals surface area contributed by atoms with E-state index in [4.69, 9.17) is 9.31 Å². The van der Waals surface area contributed by atoms with Crippen molar-refractivity contribution in [1.82, 2.24) is 0 Å². The van der Waals surface area contributed by atoms with Crippen molar-refractivity contribution < 1.29 is 9.31 Å². The first-order valence-corrected chi connectivity index (χ1v) is 13.0. The lowest BCUT2D eigenvalue weighted by Gasteiger charge is -2.35. The van der Waals surface area contributed by atoms with Gasteiger partial charge in [0.2, 0.25) is 0 Å². The number of rotatable bonds is 9. The molecule has 5 atom stereocenters. The lowest BCUT2D eigenvalue weighted by Crippen LogP contribution is -2.38. The minimum atomic E-state index is 0.0101. The standard InChI is InChI=1S/C26H47BO2/c1-6-19(3)20(4)18-21(5)24(7-2)27-28-25(22-14-10-8-11-15-22)26(29-27)23-16-12-9-13-17-23/h20-26H,3,6-18H2,1-2,4-5H3. The zero-order valence-corrected chi connectivity index (χ0v) is 19.8. The van der Waals surface area contributed by atoms with Crippen LogP contribution in [0.1, 0.15) is 111 Å². The molecule has 3 rings (SSSR count). The lowest BCUT2D eigenvalue weighted by molar-refractivity contribution is 0.0324. The van der Waals surface area contributed by atoms with E-state index in [0.29, 0.717) is 29.9 Å². The fraction of sp³-hybridized carbons (Fsp3) is 0.923. The molecule has 166 valence electrons. The zero-order valence-electron chi connectivity index (χ0n) is 19.8. The molecule has 0 aromatic carbocycles. The Kier molecular flexibility index (Phi) is 9.17. The van der Waals surface area contributed by atoms with Crippen LogP contribution in [-0.4, -0.2) is 19.3 Å². The molecule has 3 fully saturated rings. The van der Waals surface area contributed by atoms with Crippen LogP contribution in [0.4, 0.5) is 0 Å². The highest BCUT2D eigenvalue weighted by Crippen LogP contribution is 2.44. The van der Waals surface area contributed by atoms with Gasteiger partial charge in [0, 0.05) is 0 Å². The molecule has 2 saturated carbocycles. The van der Waals surface area contributed by atoms with Crippen LogP contribution < -0.4 is 0 Å². The molecule has 0 radical (unpaired) electrons. The Morgan fingerprint density at radius 1 is 0.862 bits per heavy atom. The average Bonchev–Trinajstić information content (AvgIpc) is 3.20. The smallest absolute Gasteiger partial charge is 0.405 e. The van der Waals surface area contributed by atoms with Gasteiger partial charge in [-0.1, -0.05) is 84.8 Å². The predicted octanol–water partition coefficient (Wildman–Crippen LogP) is 7.83. The van der Waals surface area contributed by atoms with Gasteiger partial charge in [-0.15, -0.1) is 0 Å². The third-order valence-corrected chi connectivity index (χ3v) is 8.56. The summed E-state index contributed by atoms with van der Waals surface area (Å²) in [5.41, 5.74) is 1.39. The summed E-state index contributed by atoms with van der Waals surface area (Å²) in [5.74, 6) is 3.16. The van der Waals surface area contributed by atoms with Gasteiger partial charge >= 0.3 is 7.12 Å². The van der Waals surface area contributed by atoms with Crippen molar-refractivity contribution in [1.29, 1.82) is 0 Å². The molecule has 29 heavy (non-hydrogen) atoms. The molecule has 0 aromatic rings. The van der Waals surface area contributed by atoms with E-state index in [2.05, 4.69) is 34.3 Å². The normalized spacial score (nSPS) is 30.3. The summed E-state index contributed by atoms with van der Waals surface area (Å²) in [6.07, 6.45) is 17.9. The molecule has 3 heteroatoms. The maximum atomic E-state index is 6.86. The molecule has 2 aliphatic carbocycles. The van der Waals surface area contributed by atoms with Crippen LogP contribution in [0.2, 0.25) is 5.82 Å². The van der Waals surface area contributed by atoms with Crippen molar-refractivity contribution in [2.45, 2.75) is 129 Å². The Labute approximate surface area is 181 Å². The quantitative estimate of drug-likeness (QED) is 0.289. The van der Waals surface area contributed by atoms with Crippen LogP contribution >= 0.6 is 0 Å². The minimum Gasteiger partial charge on any atom is -0.405 e. The van der Waals surface area contributed by atoms with Gasteiger partial charge in [0.05, 0.1) is 12.2 Å². The average molecular weight is 402 g/mol. The molecule has 0 bridgehead atoms. The van der Waals surface area contributed by atoms with Crippen molar-refractivity contribution in [3.63, 3.8) is 0 Å². The van der Waals surface area contributed by atoms with E-state index < -0.39 is 0 Å². The minimum absolute atomic E-state index is 0.0101. The Morgan fingerprint density at radius 2 is 1.34 bits per heavy atom. The predicted molar refractivity (Wildman–Crippen MR) is 125 cm³/mol. The van der Waals surface area contributed by atoms with Gasteiger partial charge in [-0.2, -0.15) is 0 Å². The molecule has 2 nitrogen and oxygen atoms in total. The molecule has 0 spiro atoms. The highest BCUT2D eigenvalue weighted by Gasteiger charge is 2.50. The van der Waals surface area contributed by atoms with Crippen molar-refractivity contribution in [2.75, 3.05) is 0 Å². The van der Waals surface area contributed by atoms with Crippen LogP contribution in [0, 0.1) is 23.7 Å². The Bertz CT molecular complexity index is 469. The zero-order chi connectivity index (χ0) is 20.8. The van der Waals surface area contributed by atoms with Crippen molar-refractivity contribution in [3.8, 4) is 0 Å². The second-order valence-corrected chi connectivity index (χ2v) is 10.6. The van der Waals surface area contributed by atoms with Crippen molar-refractivity contribution >= 4 is 7.12 Å². The van der Waals surface area contributed by atoms with E-state index in [-0.39, 0.29) is 7.12 Å². The van der Waals surface area contributed by atoms with Crippen molar-refractivity contribution in [2.24, 2.45) is 23.7 Å². The topological polar surface area (TPSA) is 18.5 Å². The second-order valence-electron chi connectivity index (χ2n) is 10.6. The maximum Gasteiger partial charge on any atom is 0.461 e. The summed E-state index contributed by atoms with van der Waals surface area (Å²) in [5, 5.41) is 0. The van der Waals surface area contributed by atoms with Gasteiger partial charge in [-0.25, -0.2) is 0 Å². The SMILES string of the molecule is C=C(CC)C(C)CC(C)C(CC)B1OC(C2CCCCC2)C(C2CCCCC2)O1. The molecule has 0 N–H and O–H groups in total. The van der Waals surface area contributed by atoms with Crippen LogP contribution in [0.5, 0.6) is 0 Å². The number of allylic oxidation sites excluding steroid dienone is 1. The fourth-order valence-electron chi connectivity index (χ4n) is 6.49. The molecule has 1 saturated heterocycles. The summed E-state index contributed by atoms with van der Waals surface area (Å²) in [6, 6.07) is 0. The Balaban J connectivity index is 1.69. The summed E-state index contributed by atoms with van der Waals surface area (Å²) < 4.78 is 13.7. The van der Waals surface area contributed by atoms with E-state index in [0.717, 1.165) is 24.7 Å². The van der Waals surface area contributed by atoms with Gasteiger partial charge in [-0.05, 0) is 68.0 Å². The first-order chi connectivity index (χ1) is 14.0. The Morgan fingerprint density at radius 3 is 1.76 bits per heavy atom. The maximum absolute atomic E-state index is 6.86. The first-order valence-electron chi connectivity index (χ1n) is 13.0. The van der Waals surface area contributed by atoms with Gasteiger partial charge in [0.25, 0.3) is 0 Å². The second kappa shape index (κ2) is 11.4. The highest BCUT2D eigenvalue weighted by molar-refractivity contribution is 6.47. The van der Waals surface area contributed by atoms with E-state index in [9.17, 15) is 0 Å². The van der Waals surface area contributed by atoms with E-state index in [1.807, 2.05) is 0 Å². The molecule has 5 unspecified atom stereocenters. The largest absolute Gasteiger partial charge is 0.461 e. The number of hydrogen-bond donors (Lipinski definition) is 0. The lowest BCUT2D eigenvalue weighted by atomic mass is 9.62. The van der Waals surface area contributed by atoms with Crippen LogP contribution in [0.3, 0.4) is 0 Å². The van der Waals surface area contributed by atoms with Crippen LogP contribution in [0.15, 0.2) is 12.2 Å². The molecule has 3 aliphatic rings. The highest BCUT2D eigenvalue weighted by atomic mass is 16.7. The van der Waals surface area contributed by atoms with Crippen LogP contribution in [-0.2, 0) is 9.31 Å². The molecular weight excluding hydrogens is 355 g/mol. The third-order valence-electron chi connectivity index (χ3n) is 8.56. The van der Waals surface area contributed by atoms with E-state index in [1.165, 1.54) is 76.2 Å². The van der Waals surface area contributed by atoms with E-state index >= 15 is 0 Å². The molecular formula is C26H47BO2. The van der Waals surface area contributed by atoms with Gasteiger partial charge in [-0.3, -0.25) is 0 Å². The molecule has 0 aromatic heterocycles. The number of hydrogen-bond acceptors (Lipinski definition) is 2. The fourth-order valence-corrected chi connectivity index (χ4v) is 6.49. The van der Waals surface area contributed by atoms with Gasteiger partial charge < -0.3 is 9.31 Å². The van der Waals surface area contributed by atoms with Gasteiger partial charge in [0.1, 0.15) is 0 Å². The van der Waals surface area contributed by atoms with Gasteiger partial charge in [0.15, 0.2) is 0 Å². The Hall–Kier alpha value is -0.275. The third kappa shape index (κ3) is 5.91.